The third kappa shape index (κ3) is 4.09. The number of esters is 2. The zero-order valence-corrected chi connectivity index (χ0v) is 22.6. The molecule has 9 aliphatic rings. The van der Waals surface area contributed by atoms with Crippen molar-refractivity contribution in [1.82, 2.24) is 0 Å². The van der Waals surface area contributed by atoms with Gasteiger partial charge in [0.05, 0.1) is 17.4 Å². The minimum absolute atomic E-state index is 0.0976. The van der Waals surface area contributed by atoms with Crippen LogP contribution in [-0.4, -0.2) is 61.9 Å². The van der Waals surface area contributed by atoms with Crippen molar-refractivity contribution in [2.75, 3.05) is 19.8 Å². The summed E-state index contributed by atoms with van der Waals surface area (Å²) in [5.41, 5.74) is -1.35. The molecular formula is C27H36F2O9S. The Morgan fingerprint density at radius 1 is 0.821 bits per heavy atom. The molecule has 3 atom stereocenters. The van der Waals surface area contributed by atoms with Crippen molar-refractivity contribution < 1.29 is 50.3 Å². The molecule has 0 aromatic carbocycles. The fourth-order valence-electron chi connectivity index (χ4n) is 10.3. The maximum absolute atomic E-state index is 13.7. The number of rotatable bonds is 7. The van der Waals surface area contributed by atoms with Crippen molar-refractivity contribution in [3.8, 4) is 0 Å². The predicted octanol–water partition coefficient (Wildman–Crippen LogP) is 3.71. The van der Waals surface area contributed by atoms with E-state index in [0.29, 0.717) is 37.0 Å². The highest BCUT2D eigenvalue weighted by molar-refractivity contribution is 7.86. The SMILES string of the molecule is O=C(OCC1COC2(O1)C1CC3CC2CC(C(=O)OCC(F)(F)S(=O)(=O)O)(C3)C1)C12CC3CC(CC(C3)C1)C2. The predicted molar refractivity (Wildman–Crippen MR) is 129 cm³/mol. The lowest BCUT2D eigenvalue weighted by Gasteiger charge is -2.61. The summed E-state index contributed by atoms with van der Waals surface area (Å²) in [6.45, 7) is -1.31. The standard InChI is InChI=1S/C27H36F2O9S/c28-26(29,39(32,33)34)14-36-23(31)25-9-18-4-19(10-25)27(20(5-18)11-25)37-13-21(38-27)12-35-22(30)24-6-15-1-16(7-24)3-17(2-15)8-24/h15-21H,1-14H2,(H,32,33,34). The normalized spacial score (nSPS) is 47.6. The van der Waals surface area contributed by atoms with Crippen molar-refractivity contribution in [1.29, 1.82) is 0 Å². The van der Waals surface area contributed by atoms with Crippen molar-refractivity contribution in [2.45, 2.75) is 87.8 Å². The molecule has 3 unspecified atom stereocenters. The third-order valence-electron chi connectivity index (χ3n) is 11.2. The zero-order valence-electron chi connectivity index (χ0n) is 21.8. The maximum Gasteiger partial charge on any atom is 0.402 e. The topological polar surface area (TPSA) is 125 Å². The van der Waals surface area contributed by atoms with Gasteiger partial charge in [-0.25, -0.2) is 0 Å². The van der Waals surface area contributed by atoms with E-state index in [2.05, 4.69) is 0 Å². The minimum atomic E-state index is -5.69. The van der Waals surface area contributed by atoms with Crippen LogP contribution in [0.3, 0.4) is 0 Å². The molecule has 1 saturated heterocycles. The molecule has 8 aliphatic carbocycles. The number of carbonyl (C=O) groups excluding carboxylic acids is 2. The van der Waals surface area contributed by atoms with Crippen LogP contribution >= 0.6 is 0 Å². The van der Waals surface area contributed by atoms with Gasteiger partial charge in [-0.3, -0.25) is 14.1 Å². The molecule has 0 aromatic rings. The quantitative estimate of drug-likeness (QED) is 0.358. The van der Waals surface area contributed by atoms with E-state index < -0.39 is 45.3 Å². The smallest absolute Gasteiger partial charge is 0.402 e. The van der Waals surface area contributed by atoms with Crippen molar-refractivity contribution in [2.24, 2.45) is 46.3 Å². The molecule has 1 N–H and O–H groups in total. The van der Waals surface area contributed by atoms with Gasteiger partial charge in [-0.1, -0.05) is 0 Å². The van der Waals surface area contributed by atoms with E-state index >= 15 is 0 Å². The first-order valence-corrected chi connectivity index (χ1v) is 15.8. The second-order valence-corrected chi connectivity index (χ2v) is 15.4. The zero-order chi connectivity index (χ0) is 27.4. The van der Waals surface area contributed by atoms with E-state index in [1.54, 1.807) is 0 Å². The Hall–Kier alpha value is -1.37. The van der Waals surface area contributed by atoms with Gasteiger partial charge in [0.15, 0.2) is 12.4 Å². The summed E-state index contributed by atoms with van der Waals surface area (Å²) in [6, 6.07) is 0. The fraction of sp³-hybridized carbons (Fsp3) is 0.926. The van der Waals surface area contributed by atoms with E-state index in [0.717, 1.165) is 32.1 Å². The monoisotopic (exact) mass is 574 g/mol. The van der Waals surface area contributed by atoms with E-state index in [-0.39, 0.29) is 42.4 Å². The van der Waals surface area contributed by atoms with E-state index in [9.17, 15) is 26.8 Å². The van der Waals surface area contributed by atoms with Gasteiger partial charge in [-0.05, 0) is 94.3 Å². The number of hydrogen-bond donors (Lipinski definition) is 1. The fourth-order valence-corrected chi connectivity index (χ4v) is 10.5. The average Bonchev–Trinajstić information content (AvgIpc) is 3.27. The molecule has 1 aliphatic heterocycles. The molecule has 0 radical (unpaired) electrons. The van der Waals surface area contributed by atoms with E-state index in [1.165, 1.54) is 19.3 Å². The van der Waals surface area contributed by atoms with Gasteiger partial charge in [-0.15, -0.1) is 0 Å². The maximum atomic E-state index is 13.7. The van der Waals surface area contributed by atoms with Crippen molar-refractivity contribution in [3.63, 3.8) is 0 Å². The van der Waals surface area contributed by atoms with Gasteiger partial charge in [0, 0.05) is 11.8 Å². The Morgan fingerprint density at radius 3 is 1.85 bits per heavy atom. The first kappa shape index (κ1) is 26.5. The van der Waals surface area contributed by atoms with Gasteiger partial charge >= 0.3 is 27.3 Å². The van der Waals surface area contributed by atoms with Crippen LogP contribution in [0.15, 0.2) is 0 Å². The molecule has 0 aromatic heterocycles. The Morgan fingerprint density at radius 2 is 1.31 bits per heavy atom. The van der Waals surface area contributed by atoms with Crippen LogP contribution in [0.5, 0.6) is 0 Å². The van der Waals surface area contributed by atoms with Crippen LogP contribution in [-0.2, 0) is 38.7 Å². The first-order chi connectivity index (χ1) is 18.3. The molecule has 1 heterocycles. The van der Waals surface area contributed by atoms with Gasteiger partial charge in [-0.2, -0.15) is 17.2 Å². The molecule has 39 heavy (non-hydrogen) atoms. The van der Waals surface area contributed by atoms with Gasteiger partial charge < -0.3 is 18.9 Å². The second-order valence-electron chi connectivity index (χ2n) is 13.9. The number of ether oxygens (including phenoxy) is 4. The summed E-state index contributed by atoms with van der Waals surface area (Å²) in [7, 11) is -5.69. The number of hydrogen-bond acceptors (Lipinski definition) is 8. The lowest BCUT2D eigenvalue weighted by atomic mass is 9.47. The summed E-state index contributed by atoms with van der Waals surface area (Å²) in [6.07, 6.45) is 8.82. The van der Waals surface area contributed by atoms with Crippen LogP contribution in [0.4, 0.5) is 8.78 Å². The van der Waals surface area contributed by atoms with Crippen molar-refractivity contribution >= 4 is 22.1 Å². The lowest BCUT2D eigenvalue weighted by molar-refractivity contribution is -0.308. The van der Waals surface area contributed by atoms with Crippen LogP contribution in [0, 0.1) is 46.3 Å². The molecule has 9 fully saturated rings. The average molecular weight is 575 g/mol. The summed E-state index contributed by atoms with van der Waals surface area (Å²) >= 11 is 0. The number of carbonyl (C=O) groups is 2. The van der Waals surface area contributed by atoms with Crippen LogP contribution in [0.1, 0.15) is 70.6 Å². The van der Waals surface area contributed by atoms with E-state index in [1.807, 2.05) is 0 Å². The van der Waals surface area contributed by atoms with Crippen LogP contribution in [0.25, 0.3) is 0 Å². The van der Waals surface area contributed by atoms with Gasteiger partial charge in [0.1, 0.15) is 12.7 Å². The highest BCUT2D eigenvalue weighted by atomic mass is 32.2. The Kier molecular flexibility index (Phi) is 5.83. The Labute approximate surface area is 226 Å². The van der Waals surface area contributed by atoms with Gasteiger partial charge in [0.2, 0.25) is 0 Å². The highest BCUT2D eigenvalue weighted by Crippen LogP contribution is 2.66. The molecular weight excluding hydrogens is 538 g/mol. The summed E-state index contributed by atoms with van der Waals surface area (Å²) < 4.78 is 81.4. The minimum Gasteiger partial charge on any atom is -0.462 e. The summed E-state index contributed by atoms with van der Waals surface area (Å²) in [5.74, 6) is -0.0545. The molecule has 9 nitrogen and oxygen atoms in total. The van der Waals surface area contributed by atoms with E-state index in [4.69, 9.17) is 23.5 Å². The van der Waals surface area contributed by atoms with Crippen LogP contribution < -0.4 is 0 Å². The number of halogens is 2. The Bertz CT molecular complexity index is 1120. The number of alkyl halides is 2. The Balaban J connectivity index is 0.986. The molecule has 9 rings (SSSR count). The van der Waals surface area contributed by atoms with Crippen LogP contribution in [0.2, 0.25) is 0 Å². The van der Waals surface area contributed by atoms with Gasteiger partial charge in [0.25, 0.3) is 0 Å². The van der Waals surface area contributed by atoms with Crippen molar-refractivity contribution in [3.05, 3.63) is 0 Å². The molecule has 1 spiro atoms. The molecule has 8 saturated carbocycles. The lowest BCUT2D eigenvalue weighted by Crippen LogP contribution is -2.63. The molecule has 0 amide bonds. The highest BCUT2D eigenvalue weighted by Gasteiger charge is 2.68. The molecule has 8 bridgehead atoms. The second kappa shape index (κ2) is 8.58. The molecule has 12 heteroatoms. The first-order valence-electron chi connectivity index (χ1n) is 14.3. The molecule has 218 valence electrons. The summed E-state index contributed by atoms with van der Waals surface area (Å²) in [4.78, 5) is 26.3. The largest absolute Gasteiger partial charge is 0.462 e. The summed E-state index contributed by atoms with van der Waals surface area (Å²) in [5, 5.41) is -4.56. The third-order valence-corrected chi connectivity index (χ3v) is 12.1.